The fourth-order valence-electron chi connectivity index (χ4n) is 0.342. The van der Waals surface area contributed by atoms with Gasteiger partial charge in [-0.05, 0) is 6.42 Å². The van der Waals surface area contributed by atoms with Crippen LogP contribution in [0, 0.1) is 0 Å². The van der Waals surface area contributed by atoms with Gasteiger partial charge in [-0.3, -0.25) is 4.79 Å². The summed E-state index contributed by atoms with van der Waals surface area (Å²) in [6.45, 7) is 3.20. The maximum atomic E-state index is 9.48. The molecule has 9 heavy (non-hydrogen) atoms. The fraction of sp³-hybridized carbons (Fsp3) is 0.800. The minimum atomic E-state index is 0. The zero-order chi connectivity index (χ0) is 6.24. The van der Waals surface area contributed by atoms with Crippen LogP contribution >= 0.6 is 0 Å². The molecule has 0 spiro atoms. The average molecular weight is 225 g/mol. The van der Waals surface area contributed by atoms with Gasteiger partial charge in [0.1, 0.15) is 0 Å². The largest absolute Gasteiger partial charge is 0.374 e. The predicted octanol–water partition coefficient (Wildman–Crippen LogP) is 0.462. The van der Waals surface area contributed by atoms with E-state index in [4.69, 9.17) is 0 Å². The predicted molar refractivity (Wildman–Crippen MR) is 30.1 cm³/mol. The van der Waals surface area contributed by atoms with E-state index in [0.717, 1.165) is 19.4 Å². The van der Waals surface area contributed by atoms with Crippen molar-refractivity contribution >= 4 is 6.47 Å². The van der Waals surface area contributed by atoms with Crippen molar-refractivity contribution in [2.24, 2.45) is 0 Å². The average Bonchev–Trinajstić information content (AvgIpc) is 1.81. The summed E-state index contributed by atoms with van der Waals surface area (Å²) in [7, 11) is 0. The first-order valence-corrected chi connectivity index (χ1v) is 2.74. The van der Waals surface area contributed by atoms with E-state index in [0.29, 0.717) is 6.47 Å². The summed E-state index contributed by atoms with van der Waals surface area (Å²) in [4.78, 5) is 13.7. The van der Waals surface area contributed by atoms with Gasteiger partial charge in [0.05, 0.1) is 0 Å². The molecule has 0 aliphatic rings. The van der Waals surface area contributed by atoms with Crippen molar-refractivity contribution in [2.75, 3.05) is 6.54 Å². The molecule has 0 saturated carbocycles. The Kier molecular flexibility index (Phi) is 14.6. The molecule has 0 bridgehead atoms. The standard InChI is InChI=1S/C5H11NO2.Ag/c1-2-3-4-6-8-5-7;/h5-6H,2-4H2,1H3;. The van der Waals surface area contributed by atoms with Crippen LogP contribution in [0.15, 0.2) is 0 Å². The Bertz CT molecular complexity index is 60.9. The van der Waals surface area contributed by atoms with Crippen LogP contribution in [-0.4, -0.2) is 13.0 Å². The number of hydrogen-bond acceptors (Lipinski definition) is 3. The van der Waals surface area contributed by atoms with Crippen molar-refractivity contribution < 1.29 is 32.0 Å². The molecule has 0 aliphatic heterocycles. The molecule has 0 aromatic carbocycles. The van der Waals surface area contributed by atoms with Crippen LogP contribution in [0.4, 0.5) is 0 Å². The van der Waals surface area contributed by atoms with Gasteiger partial charge in [0.15, 0.2) is 0 Å². The van der Waals surface area contributed by atoms with Crippen molar-refractivity contribution in [1.29, 1.82) is 0 Å². The summed E-state index contributed by atoms with van der Waals surface area (Å²) < 4.78 is 0. The van der Waals surface area contributed by atoms with E-state index in [1.54, 1.807) is 0 Å². The van der Waals surface area contributed by atoms with Crippen LogP contribution in [0.2, 0.25) is 0 Å². The number of unbranched alkanes of at least 4 members (excludes halogenated alkanes) is 1. The Morgan fingerprint density at radius 1 is 1.67 bits per heavy atom. The monoisotopic (exact) mass is 224 g/mol. The molecule has 0 atom stereocenters. The number of nitrogens with one attached hydrogen (secondary N) is 1. The molecule has 0 aromatic rings. The molecule has 4 heteroatoms. The molecule has 0 rings (SSSR count). The van der Waals surface area contributed by atoms with E-state index in [1.165, 1.54) is 0 Å². The number of carbonyl (C=O) groups excluding carboxylic acids is 1. The van der Waals surface area contributed by atoms with Crippen molar-refractivity contribution in [3.63, 3.8) is 0 Å². The molecule has 0 aromatic heterocycles. The van der Waals surface area contributed by atoms with E-state index >= 15 is 0 Å². The van der Waals surface area contributed by atoms with E-state index in [1.807, 2.05) is 0 Å². The molecule has 1 N–H and O–H groups in total. The Balaban J connectivity index is 0. The van der Waals surface area contributed by atoms with Gasteiger partial charge in [-0.15, -0.1) is 0 Å². The number of hydroxylamine groups is 1. The van der Waals surface area contributed by atoms with Gasteiger partial charge in [0, 0.05) is 28.9 Å². The quantitative estimate of drug-likeness (QED) is 0.319. The van der Waals surface area contributed by atoms with Crippen LogP contribution in [0.5, 0.6) is 0 Å². The summed E-state index contributed by atoms with van der Waals surface area (Å²) >= 11 is 0. The van der Waals surface area contributed by atoms with Gasteiger partial charge < -0.3 is 4.84 Å². The third-order valence-corrected chi connectivity index (χ3v) is 0.764. The van der Waals surface area contributed by atoms with E-state index in [9.17, 15) is 4.79 Å². The smallest absolute Gasteiger partial charge is 0.312 e. The number of carbonyl (C=O) groups is 1. The summed E-state index contributed by atoms with van der Waals surface area (Å²) in [5, 5.41) is 0. The Labute approximate surface area is 70.6 Å². The molecular weight excluding hydrogens is 214 g/mol. The molecular formula is C5H11AgNO2. The molecule has 0 aliphatic carbocycles. The first-order chi connectivity index (χ1) is 3.91. The third-order valence-electron chi connectivity index (χ3n) is 0.764. The van der Waals surface area contributed by atoms with Gasteiger partial charge >= 0.3 is 6.47 Å². The van der Waals surface area contributed by atoms with Crippen LogP contribution in [0.1, 0.15) is 19.8 Å². The van der Waals surface area contributed by atoms with Crippen LogP contribution < -0.4 is 5.48 Å². The zero-order valence-electron chi connectivity index (χ0n) is 5.32. The number of hydrogen-bond donors (Lipinski definition) is 1. The summed E-state index contributed by atoms with van der Waals surface area (Å²) in [5.74, 6) is 0. The maximum absolute atomic E-state index is 9.48. The molecule has 0 fully saturated rings. The van der Waals surface area contributed by atoms with Crippen molar-refractivity contribution in [2.45, 2.75) is 19.8 Å². The zero-order valence-corrected chi connectivity index (χ0v) is 6.80. The summed E-state index contributed by atoms with van der Waals surface area (Å²) in [6.07, 6.45) is 2.14. The second kappa shape index (κ2) is 11.0. The van der Waals surface area contributed by atoms with Gasteiger partial charge in [-0.25, -0.2) is 0 Å². The van der Waals surface area contributed by atoms with Gasteiger partial charge in [-0.1, -0.05) is 13.3 Å². The Hall–Kier alpha value is 0.170. The van der Waals surface area contributed by atoms with Crippen molar-refractivity contribution in [3.8, 4) is 0 Å². The first kappa shape index (κ1) is 11.9. The van der Waals surface area contributed by atoms with Gasteiger partial charge in [-0.2, -0.15) is 5.48 Å². The van der Waals surface area contributed by atoms with E-state index < -0.39 is 0 Å². The Morgan fingerprint density at radius 2 is 2.33 bits per heavy atom. The topological polar surface area (TPSA) is 38.3 Å². The summed E-state index contributed by atoms with van der Waals surface area (Å²) in [5.41, 5.74) is 2.47. The first-order valence-electron chi connectivity index (χ1n) is 2.74. The SMILES string of the molecule is CCCCNOC=O.[Ag]. The van der Waals surface area contributed by atoms with Crippen LogP contribution in [0.3, 0.4) is 0 Å². The molecule has 3 nitrogen and oxygen atoms in total. The maximum Gasteiger partial charge on any atom is 0.312 e. The van der Waals surface area contributed by atoms with E-state index in [-0.39, 0.29) is 22.4 Å². The Morgan fingerprint density at radius 3 is 2.78 bits per heavy atom. The minimum absolute atomic E-state index is 0. The normalized spacial score (nSPS) is 7.67. The number of rotatable bonds is 5. The molecule has 0 unspecified atom stereocenters. The fourth-order valence-corrected chi connectivity index (χ4v) is 0.342. The van der Waals surface area contributed by atoms with Gasteiger partial charge in [0.2, 0.25) is 0 Å². The van der Waals surface area contributed by atoms with E-state index in [2.05, 4.69) is 17.2 Å². The summed E-state index contributed by atoms with van der Waals surface area (Å²) in [6, 6.07) is 0. The van der Waals surface area contributed by atoms with Crippen molar-refractivity contribution in [1.82, 2.24) is 5.48 Å². The second-order valence-corrected chi connectivity index (χ2v) is 1.46. The van der Waals surface area contributed by atoms with Crippen molar-refractivity contribution in [3.05, 3.63) is 0 Å². The van der Waals surface area contributed by atoms with Gasteiger partial charge in [0.25, 0.3) is 0 Å². The molecule has 59 valence electrons. The van der Waals surface area contributed by atoms with Crippen LogP contribution in [-0.2, 0) is 32.0 Å². The molecule has 0 saturated heterocycles. The van der Waals surface area contributed by atoms with Crippen LogP contribution in [0.25, 0.3) is 0 Å². The minimum Gasteiger partial charge on any atom is -0.374 e. The third kappa shape index (κ3) is 11.6. The molecule has 0 heterocycles. The molecule has 0 amide bonds. The molecule has 1 radical (unpaired) electrons. The second-order valence-electron chi connectivity index (χ2n) is 1.46.